The minimum atomic E-state index is -0.298. The van der Waals surface area contributed by atoms with Crippen molar-refractivity contribution in [2.45, 2.75) is 19.4 Å². The average Bonchev–Trinajstić information content (AvgIpc) is 3.42. The van der Waals surface area contributed by atoms with E-state index < -0.39 is 0 Å². The number of nitrogens with zero attached hydrogens (tertiary/aromatic N) is 3. The van der Waals surface area contributed by atoms with Crippen LogP contribution in [0.15, 0.2) is 77.4 Å². The summed E-state index contributed by atoms with van der Waals surface area (Å²) in [7, 11) is 0. The Morgan fingerprint density at radius 3 is 2.52 bits per heavy atom. The maximum absolute atomic E-state index is 13.1. The second kappa shape index (κ2) is 8.52. The van der Waals surface area contributed by atoms with Crippen LogP contribution in [0.1, 0.15) is 22.3 Å². The summed E-state index contributed by atoms with van der Waals surface area (Å²) in [5.74, 6) is 0.641. The third kappa shape index (κ3) is 4.57. The number of aromatic nitrogens is 3. The molecule has 0 saturated carbocycles. The zero-order valence-electron chi connectivity index (χ0n) is 15.6. The van der Waals surface area contributed by atoms with Crippen LogP contribution in [0, 0.1) is 5.82 Å². The van der Waals surface area contributed by atoms with Gasteiger partial charge in [0.05, 0.1) is 6.26 Å². The van der Waals surface area contributed by atoms with Gasteiger partial charge in [-0.15, -0.1) is 5.10 Å². The second-order valence-electron chi connectivity index (χ2n) is 6.51. The first-order chi connectivity index (χ1) is 14.2. The van der Waals surface area contributed by atoms with Gasteiger partial charge in [0, 0.05) is 13.0 Å². The van der Waals surface area contributed by atoms with Crippen LogP contribution in [0.2, 0.25) is 0 Å². The van der Waals surface area contributed by atoms with Crippen molar-refractivity contribution in [1.82, 2.24) is 14.8 Å². The Bertz CT molecular complexity index is 1070. The molecule has 2 heterocycles. The summed E-state index contributed by atoms with van der Waals surface area (Å²) in [4.78, 5) is 17.2. The highest BCUT2D eigenvalue weighted by atomic mass is 19.1. The van der Waals surface area contributed by atoms with Gasteiger partial charge in [0.2, 0.25) is 17.7 Å². The first-order valence-corrected chi connectivity index (χ1v) is 9.25. The number of halogens is 1. The number of carbonyl (C=O) groups is 1. The van der Waals surface area contributed by atoms with Crippen molar-refractivity contribution in [3.05, 3.63) is 89.9 Å². The molecule has 0 saturated heterocycles. The molecule has 2 aromatic carbocycles. The van der Waals surface area contributed by atoms with Crippen LogP contribution in [0.3, 0.4) is 0 Å². The average molecular weight is 390 g/mol. The topological polar surface area (TPSA) is 73.0 Å². The minimum Gasteiger partial charge on any atom is -0.461 e. The first-order valence-electron chi connectivity index (χ1n) is 9.25. The van der Waals surface area contributed by atoms with E-state index in [1.165, 1.54) is 23.1 Å². The zero-order chi connectivity index (χ0) is 20.1. The lowest BCUT2D eigenvalue weighted by Gasteiger charge is -2.07. The molecule has 0 aliphatic heterocycles. The maximum Gasteiger partial charge on any atom is 0.250 e. The van der Waals surface area contributed by atoms with Crippen molar-refractivity contribution in [3.63, 3.8) is 0 Å². The number of carbonyl (C=O) groups excluding carboxylic acids is 1. The van der Waals surface area contributed by atoms with E-state index in [1.54, 1.807) is 24.3 Å². The number of aryl methyl sites for hydroxylation is 1. The molecule has 4 aromatic rings. The van der Waals surface area contributed by atoms with Crippen LogP contribution in [-0.2, 0) is 13.0 Å². The van der Waals surface area contributed by atoms with Gasteiger partial charge in [-0.25, -0.2) is 4.39 Å². The minimum absolute atomic E-state index is 0.180. The smallest absolute Gasteiger partial charge is 0.250 e. The SMILES string of the molecule is O=C(CCc1ccccc1)n1nc(-c2ccco2)nc1NCc1ccc(F)cc1. The summed E-state index contributed by atoms with van der Waals surface area (Å²) >= 11 is 0. The number of nitrogens with one attached hydrogen (secondary N) is 1. The Morgan fingerprint density at radius 2 is 1.79 bits per heavy atom. The summed E-state index contributed by atoms with van der Waals surface area (Å²) in [5, 5.41) is 7.45. The molecule has 146 valence electrons. The molecule has 0 bridgehead atoms. The Morgan fingerprint density at radius 1 is 1.00 bits per heavy atom. The number of hydrogen-bond acceptors (Lipinski definition) is 5. The maximum atomic E-state index is 13.1. The van der Waals surface area contributed by atoms with Crippen LogP contribution in [0.5, 0.6) is 0 Å². The van der Waals surface area contributed by atoms with E-state index in [0.717, 1.165) is 11.1 Å². The summed E-state index contributed by atoms with van der Waals surface area (Å²) in [6.45, 7) is 0.378. The molecular formula is C22H19FN4O2. The van der Waals surface area contributed by atoms with E-state index in [-0.39, 0.29) is 18.1 Å². The van der Waals surface area contributed by atoms with Crippen molar-refractivity contribution in [2.24, 2.45) is 0 Å². The summed E-state index contributed by atoms with van der Waals surface area (Å²) in [5.41, 5.74) is 1.94. The monoisotopic (exact) mass is 390 g/mol. The first kappa shape index (κ1) is 18.6. The normalized spacial score (nSPS) is 10.8. The molecule has 2 aromatic heterocycles. The standard InChI is InChI=1S/C22H19FN4O2/c23-18-11-8-17(9-12-18)15-24-22-25-21(19-7-4-14-29-19)26-27(22)20(28)13-10-16-5-2-1-3-6-16/h1-9,11-12,14H,10,13,15H2,(H,24,25,26). The van der Waals surface area contributed by atoms with Crippen LogP contribution in [0.4, 0.5) is 10.3 Å². The highest BCUT2D eigenvalue weighted by Gasteiger charge is 2.18. The molecule has 0 amide bonds. The third-order valence-electron chi connectivity index (χ3n) is 4.42. The van der Waals surface area contributed by atoms with E-state index in [2.05, 4.69) is 15.4 Å². The highest BCUT2D eigenvalue weighted by molar-refractivity contribution is 5.81. The highest BCUT2D eigenvalue weighted by Crippen LogP contribution is 2.19. The third-order valence-corrected chi connectivity index (χ3v) is 4.42. The van der Waals surface area contributed by atoms with E-state index in [1.807, 2.05) is 30.3 Å². The summed E-state index contributed by atoms with van der Waals surface area (Å²) in [6, 6.07) is 19.4. The molecule has 29 heavy (non-hydrogen) atoms. The Balaban J connectivity index is 1.53. The lowest BCUT2D eigenvalue weighted by Crippen LogP contribution is -2.17. The summed E-state index contributed by atoms with van der Waals surface area (Å²) in [6.07, 6.45) is 2.42. The van der Waals surface area contributed by atoms with Crippen molar-refractivity contribution in [3.8, 4) is 11.6 Å². The number of rotatable bonds is 7. The largest absolute Gasteiger partial charge is 0.461 e. The van der Waals surface area contributed by atoms with E-state index in [9.17, 15) is 9.18 Å². The predicted molar refractivity (Wildman–Crippen MR) is 107 cm³/mol. The van der Waals surface area contributed by atoms with Gasteiger partial charge in [-0.3, -0.25) is 4.79 Å². The number of anilines is 1. The van der Waals surface area contributed by atoms with Gasteiger partial charge >= 0.3 is 0 Å². The molecular weight excluding hydrogens is 371 g/mol. The fourth-order valence-corrected chi connectivity index (χ4v) is 2.90. The molecule has 0 radical (unpaired) electrons. The van der Waals surface area contributed by atoms with Gasteiger partial charge in [-0.1, -0.05) is 42.5 Å². The van der Waals surface area contributed by atoms with Gasteiger partial charge in [-0.2, -0.15) is 9.67 Å². The Labute approximate surface area is 167 Å². The lowest BCUT2D eigenvalue weighted by molar-refractivity contribution is 0.0890. The zero-order valence-corrected chi connectivity index (χ0v) is 15.6. The van der Waals surface area contributed by atoms with E-state index in [0.29, 0.717) is 30.5 Å². The molecule has 0 aliphatic carbocycles. The number of hydrogen-bond donors (Lipinski definition) is 1. The van der Waals surface area contributed by atoms with Gasteiger partial charge in [0.1, 0.15) is 5.82 Å². The van der Waals surface area contributed by atoms with Crippen LogP contribution < -0.4 is 5.32 Å². The van der Waals surface area contributed by atoms with Crippen molar-refractivity contribution in [2.75, 3.05) is 5.32 Å². The van der Waals surface area contributed by atoms with Gasteiger partial charge in [-0.05, 0) is 41.8 Å². The molecule has 7 heteroatoms. The van der Waals surface area contributed by atoms with E-state index >= 15 is 0 Å². The van der Waals surface area contributed by atoms with Crippen molar-refractivity contribution < 1.29 is 13.6 Å². The molecule has 0 aliphatic rings. The number of furan rings is 1. The molecule has 4 rings (SSSR count). The van der Waals surface area contributed by atoms with Gasteiger partial charge < -0.3 is 9.73 Å². The molecule has 1 N–H and O–H groups in total. The molecule has 0 atom stereocenters. The Hall–Kier alpha value is -3.74. The van der Waals surface area contributed by atoms with Crippen LogP contribution in [0.25, 0.3) is 11.6 Å². The molecule has 0 fully saturated rings. The lowest BCUT2D eigenvalue weighted by atomic mass is 10.1. The molecule has 0 spiro atoms. The Kier molecular flexibility index (Phi) is 5.47. The second-order valence-corrected chi connectivity index (χ2v) is 6.51. The summed E-state index contributed by atoms with van der Waals surface area (Å²) < 4.78 is 19.7. The fourth-order valence-electron chi connectivity index (χ4n) is 2.90. The number of benzene rings is 2. The quantitative estimate of drug-likeness (QED) is 0.501. The van der Waals surface area contributed by atoms with Gasteiger partial charge in [0.15, 0.2) is 5.76 Å². The molecule has 0 unspecified atom stereocenters. The van der Waals surface area contributed by atoms with Gasteiger partial charge in [0.25, 0.3) is 0 Å². The van der Waals surface area contributed by atoms with Crippen LogP contribution in [-0.4, -0.2) is 20.7 Å². The van der Waals surface area contributed by atoms with E-state index in [4.69, 9.17) is 4.42 Å². The molecule has 6 nitrogen and oxygen atoms in total. The van der Waals surface area contributed by atoms with Crippen molar-refractivity contribution in [1.29, 1.82) is 0 Å². The predicted octanol–water partition coefficient (Wildman–Crippen LogP) is 4.56. The van der Waals surface area contributed by atoms with Crippen LogP contribution >= 0.6 is 0 Å². The fraction of sp³-hybridized carbons (Fsp3) is 0.136. The van der Waals surface area contributed by atoms with Crippen molar-refractivity contribution >= 4 is 11.9 Å².